The number of imidazole rings is 1. The van der Waals surface area contributed by atoms with Gasteiger partial charge in [0, 0.05) is 23.6 Å². The summed E-state index contributed by atoms with van der Waals surface area (Å²) in [6, 6.07) is 5.82. The third-order valence-corrected chi connectivity index (χ3v) is 4.42. The normalized spacial score (nSPS) is 14.8. The Morgan fingerprint density at radius 3 is 3.05 bits per heavy atom. The molecule has 0 spiro atoms. The van der Waals surface area contributed by atoms with Gasteiger partial charge in [-0.05, 0) is 25.0 Å². The van der Waals surface area contributed by atoms with E-state index in [9.17, 15) is 0 Å². The number of anilines is 1. The highest BCUT2D eigenvalue weighted by molar-refractivity contribution is 7.09. The molecule has 3 aromatic heterocycles. The van der Waals surface area contributed by atoms with Crippen LogP contribution in [0.15, 0.2) is 24.4 Å². The molecule has 0 atom stereocenters. The standard InChI is InChI=1S/C13H12ClN5S/c14-11-9(16-10-3-1-2-6-19(10)11)7-15-13-17-12(18-20-13)8-4-5-8/h1-3,6,8H,4-5,7H2,(H,15,17,18). The number of halogens is 1. The summed E-state index contributed by atoms with van der Waals surface area (Å²) >= 11 is 7.72. The fourth-order valence-electron chi connectivity index (χ4n) is 2.10. The molecule has 5 nitrogen and oxygen atoms in total. The number of nitrogens with one attached hydrogen (secondary N) is 1. The Kier molecular flexibility index (Phi) is 2.85. The molecule has 1 saturated carbocycles. The molecular formula is C13H12ClN5S. The summed E-state index contributed by atoms with van der Waals surface area (Å²) in [4.78, 5) is 9.00. The van der Waals surface area contributed by atoms with E-state index >= 15 is 0 Å². The first kappa shape index (κ1) is 12.1. The number of hydrogen-bond acceptors (Lipinski definition) is 5. The Morgan fingerprint density at radius 2 is 2.25 bits per heavy atom. The van der Waals surface area contributed by atoms with Crippen molar-refractivity contribution in [3.63, 3.8) is 0 Å². The van der Waals surface area contributed by atoms with Crippen LogP contribution in [0.2, 0.25) is 5.15 Å². The number of pyridine rings is 1. The number of aromatic nitrogens is 4. The van der Waals surface area contributed by atoms with E-state index in [2.05, 4.69) is 19.7 Å². The van der Waals surface area contributed by atoms with Crippen molar-refractivity contribution in [1.29, 1.82) is 0 Å². The molecule has 1 N–H and O–H groups in total. The van der Waals surface area contributed by atoms with Crippen molar-refractivity contribution in [2.24, 2.45) is 0 Å². The summed E-state index contributed by atoms with van der Waals surface area (Å²) in [7, 11) is 0. The number of rotatable bonds is 4. The summed E-state index contributed by atoms with van der Waals surface area (Å²) in [5, 5.41) is 4.72. The van der Waals surface area contributed by atoms with E-state index in [4.69, 9.17) is 11.6 Å². The molecule has 3 aromatic rings. The smallest absolute Gasteiger partial charge is 0.202 e. The second-order valence-electron chi connectivity index (χ2n) is 4.86. The third kappa shape index (κ3) is 2.14. The second-order valence-corrected chi connectivity index (χ2v) is 5.97. The van der Waals surface area contributed by atoms with Crippen LogP contribution in [0.5, 0.6) is 0 Å². The minimum atomic E-state index is 0.555. The highest BCUT2D eigenvalue weighted by Crippen LogP contribution is 2.39. The lowest BCUT2D eigenvalue weighted by molar-refractivity contribution is 0.976. The third-order valence-electron chi connectivity index (χ3n) is 3.33. The molecule has 3 heterocycles. The molecule has 102 valence electrons. The van der Waals surface area contributed by atoms with E-state index in [1.54, 1.807) is 0 Å². The van der Waals surface area contributed by atoms with Crippen LogP contribution in [0.25, 0.3) is 5.65 Å². The minimum Gasteiger partial charge on any atom is -0.355 e. The van der Waals surface area contributed by atoms with Crippen molar-refractivity contribution in [3.05, 3.63) is 41.1 Å². The van der Waals surface area contributed by atoms with E-state index in [1.807, 2.05) is 28.8 Å². The average molecular weight is 306 g/mol. The molecule has 0 radical (unpaired) electrons. The predicted octanol–water partition coefficient (Wildman–Crippen LogP) is 3.33. The van der Waals surface area contributed by atoms with Crippen LogP contribution in [0.1, 0.15) is 30.3 Å². The van der Waals surface area contributed by atoms with Crippen LogP contribution >= 0.6 is 23.1 Å². The Balaban J connectivity index is 1.53. The highest BCUT2D eigenvalue weighted by atomic mass is 35.5. The van der Waals surface area contributed by atoms with Crippen molar-refractivity contribution in [3.8, 4) is 0 Å². The van der Waals surface area contributed by atoms with Crippen LogP contribution in [-0.2, 0) is 6.54 Å². The number of hydrogen-bond donors (Lipinski definition) is 1. The first-order valence-corrected chi connectivity index (χ1v) is 7.65. The Labute approximate surface area is 124 Å². The quantitative estimate of drug-likeness (QED) is 0.803. The summed E-state index contributed by atoms with van der Waals surface area (Å²) in [5.41, 5.74) is 1.67. The molecule has 0 bridgehead atoms. The summed E-state index contributed by atoms with van der Waals surface area (Å²) in [5.74, 6) is 1.55. The topological polar surface area (TPSA) is 55.1 Å². The first-order chi connectivity index (χ1) is 9.81. The van der Waals surface area contributed by atoms with Crippen LogP contribution in [0.4, 0.5) is 5.13 Å². The van der Waals surface area contributed by atoms with Gasteiger partial charge in [-0.1, -0.05) is 17.7 Å². The monoisotopic (exact) mass is 305 g/mol. The number of nitrogens with zero attached hydrogens (tertiary/aromatic N) is 4. The van der Waals surface area contributed by atoms with E-state index < -0.39 is 0 Å². The lowest BCUT2D eigenvalue weighted by Gasteiger charge is -1.99. The second kappa shape index (κ2) is 4.71. The maximum Gasteiger partial charge on any atom is 0.202 e. The van der Waals surface area contributed by atoms with E-state index in [-0.39, 0.29) is 0 Å². The SMILES string of the molecule is Clc1c(CNc2nc(C3CC3)ns2)nc2ccccn12. The van der Waals surface area contributed by atoms with Gasteiger partial charge in [-0.25, -0.2) is 9.97 Å². The van der Waals surface area contributed by atoms with Gasteiger partial charge in [0.25, 0.3) is 0 Å². The van der Waals surface area contributed by atoms with Gasteiger partial charge in [-0.2, -0.15) is 4.37 Å². The first-order valence-electron chi connectivity index (χ1n) is 6.50. The average Bonchev–Trinajstić information content (AvgIpc) is 3.13. The fraction of sp³-hybridized carbons (Fsp3) is 0.308. The van der Waals surface area contributed by atoms with Crippen LogP contribution in [0, 0.1) is 0 Å². The molecule has 20 heavy (non-hydrogen) atoms. The van der Waals surface area contributed by atoms with E-state index in [0.29, 0.717) is 17.6 Å². The summed E-state index contributed by atoms with van der Waals surface area (Å²) in [6.45, 7) is 0.555. The van der Waals surface area contributed by atoms with Crippen molar-refractivity contribution in [2.45, 2.75) is 25.3 Å². The van der Waals surface area contributed by atoms with Gasteiger partial charge in [0.15, 0.2) is 0 Å². The van der Waals surface area contributed by atoms with Crippen LogP contribution in [0.3, 0.4) is 0 Å². The Bertz CT molecular complexity index is 761. The van der Waals surface area contributed by atoms with Gasteiger partial charge < -0.3 is 5.32 Å². The molecule has 0 aromatic carbocycles. The number of fused-ring (bicyclic) bond motifs is 1. The van der Waals surface area contributed by atoms with Crippen molar-refractivity contribution >= 4 is 33.9 Å². The van der Waals surface area contributed by atoms with Crippen LogP contribution < -0.4 is 5.32 Å². The summed E-state index contributed by atoms with van der Waals surface area (Å²) < 4.78 is 6.23. The lowest BCUT2D eigenvalue weighted by atomic mass is 10.4. The largest absolute Gasteiger partial charge is 0.355 e. The van der Waals surface area contributed by atoms with E-state index in [0.717, 1.165) is 22.3 Å². The molecule has 4 rings (SSSR count). The molecule has 0 saturated heterocycles. The van der Waals surface area contributed by atoms with Gasteiger partial charge in [-0.15, -0.1) is 0 Å². The molecule has 0 aliphatic heterocycles. The molecule has 1 aliphatic carbocycles. The Morgan fingerprint density at radius 1 is 1.35 bits per heavy atom. The van der Waals surface area contributed by atoms with E-state index in [1.165, 1.54) is 24.4 Å². The van der Waals surface area contributed by atoms with Gasteiger partial charge in [0.1, 0.15) is 16.6 Å². The van der Waals surface area contributed by atoms with Crippen molar-refractivity contribution in [2.75, 3.05) is 5.32 Å². The Hall–Kier alpha value is -1.66. The molecule has 0 unspecified atom stereocenters. The van der Waals surface area contributed by atoms with Gasteiger partial charge >= 0.3 is 0 Å². The highest BCUT2D eigenvalue weighted by Gasteiger charge is 2.27. The van der Waals surface area contributed by atoms with Gasteiger partial charge in [0.05, 0.1) is 12.2 Å². The maximum absolute atomic E-state index is 6.32. The molecule has 0 amide bonds. The van der Waals surface area contributed by atoms with Crippen LogP contribution in [-0.4, -0.2) is 18.7 Å². The summed E-state index contributed by atoms with van der Waals surface area (Å²) in [6.07, 6.45) is 4.34. The molecule has 1 aliphatic rings. The zero-order valence-corrected chi connectivity index (χ0v) is 12.2. The molecular weight excluding hydrogens is 294 g/mol. The molecule has 1 fully saturated rings. The predicted molar refractivity (Wildman–Crippen MR) is 79.4 cm³/mol. The molecule has 7 heteroatoms. The maximum atomic E-state index is 6.32. The fourth-order valence-corrected chi connectivity index (χ4v) is 2.99. The zero-order chi connectivity index (χ0) is 13.5. The zero-order valence-electron chi connectivity index (χ0n) is 10.6. The van der Waals surface area contributed by atoms with Gasteiger partial charge in [-0.3, -0.25) is 4.40 Å². The van der Waals surface area contributed by atoms with Crippen molar-refractivity contribution < 1.29 is 0 Å². The lowest BCUT2D eigenvalue weighted by Crippen LogP contribution is -2.00. The van der Waals surface area contributed by atoms with Crippen molar-refractivity contribution in [1.82, 2.24) is 18.7 Å². The van der Waals surface area contributed by atoms with Gasteiger partial charge in [0.2, 0.25) is 5.13 Å². The minimum absolute atomic E-state index is 0.555.